The van der Waals surface area contributed by atoms with Gasteiger partial charge in [0.1, 0.15) is 17.3 Å². The van der Waals surface area contributed by atoms with Gasteiger partial charge in [-0.2, -0.15) is 0 Å². The van der Waals surface area contributed by atoms with E-state index in [2.05, 4.69) is 10.1 Å². The van der Waals surface area contributed by atoms with Gasteiger partial charge in [0.05, 0.1) is 47.6 Å². The highest BCUT2D eigenvalue weighted by atomic mass is 35.5. The molecule has 0 radical (unpaired) electrons. The van der Waals surface area contributed by atoms with Gasteiger partial charge in [-0.15, -0.1) is 0 Å². The van der Waals surface area contributed by atoms with E-state index in [9.17, 15) is 20.1 Å². The van der Waals surface area contributed by atoms with Gasteiger partial charge >= 0.3 is 5.97 Å². The maximum Gasteiger partial charge on any atom is 0.308 e. The van der Waals surface area contributed by atoms with E-state index < -0.39 is 17.9 Å². The van der Waals surface area contributed by atoms with Crippen LogP contribution in [0.5, 0.6) is 0 Å². The topological polar surface area (TPSA) is 120 Å². The minimum absolute atomic E-state index is 0.0127. The minimum atomic E-state index is -1.00. The van der Waals surface area contributed by atoms with E-state index in [1.807, 2.05) is 0 Å². The van der Waals surface area contributed by atoms with Gasteiger partial charge in [0.25, 0.3) is 0 Å². The van der Waals surface area contributed by atoms with Crippen molar-refractivity contribution in [2.75, 3.05) is 37.7 Å². The number of aromatic nitrogens is 1. The number of nitrogens with zero attached hydrogens (tertiary/aromatic N) is 3. The molecule has 0 amide bonds. The van der Waals surface area contributed by atoms with Crippen molar-refractivity contribution >= 4 is 34.9 Å². The summed E-state index contributed by atoms with van der Waals surface area (Å²) in [4.78, 5) is 16.0. The smallest absolute Gasteiger partial charge is 0.308 e. The Morgan fingerprint density at radius 1 is 1.15 bits per heavy atom. The molecule has 2 aliphatic carbocycles. The predicted octanol–water partition coefficient (Wildman–Crippen LogP) is 5.77. The Morgan fingerprint density at radius 2 is 1.87 bits per heavy atom. The molecule has 1 saturated heterocycles. The number of aliphatic hydroxyl groups excluding tert-OH is 2. The number of carboxylic acids is 1. The first-order valence-corrected chi connectivity index (χ1v) is 16.7. The summed E-state index contributed by atoms with van der Waals surface area (Å²) < 4.78 is 27.9. The molecular weight excluding hydrogens is 636 g/mol. The van der Waals surface area contributed by atoms with Crippen LogP contribution in [0.3, 0.4) is 0 Å². The number of carboxylic acid groups (broad SMARTS) is 1. The first-order chi connectivity index (χ1) is 22.2. The van der Waals surface area contributed by atoms with Gasteiger partial charge in [0.2, 0.25) is 0 Å². The number of hydrogen-bond donors (Lipinski definition) is 3. The normalized spacial score (nSPS) is 22.2. The molecule has 0 spiro atoms. The van der Waals surface area contributed by atoms with Gasteiger partial charge < -0.3 is 29.5 Å². The maximum absolute atomic E-state index is 15.6. The van der Waals surface area contributed by atoms with Crippen LogP contribution in [-0.2, 0) is 22.6 Å². The zero-order valence-electron chi connectivity index (χ0n) is 25.7. The van der Waals surface area contributed by atoms with E-state index in [4.69, 9.17) is 32.5 Å². The molecule has 1 aliphatic heterocycles. The van der Waals surface area contributed by atoms with Crippen molar-refractivity contribution in [2.24, 2.45) is 11.8 Å². The molecule has 2 unspecified atom stereocenters. The lowest BCUT2D eigenvalue weighted by Crippen LogP contribution is -2.45. The van der Waals surface area contributed by atoms with Crippen LogP contribution < -0.4 is 4.90 Å². The van der Waals surface area contributed by atoms with E-state index in [0.717, 1.165) is 37.0 Å². The lowest BCUT2D eigenvalue weighted by molar-refractivity contribution is -0.144. The summed E-state index contributed by atoms with van der Waals surface area (Å²) in [5.41, 5.74) is 3.27. The van der Waals surface area contributed by atoms with Crippen molar-refractivity contribution in [3.05, 3.63) is 69.1 Å². The molecule has 1 aromatic heterocycles. The zero-order valence-corrected chi connectivity index (χ0v) is 27.3. The van der Waals surface area contributed by atoms with E-state index >= 15 is 4.39 Å². The van der Waals surface area contributed by atoms with Crippen LogP contribution in [0.1, 0.15) is 55.4 Å². The summed E-state index contributed by atoms with van der Waals surface area (Å²) in [5.74, 6) is -0.796. The third-order valence-electron chi connectivity index (χ3n) is 9.91. The van der Waals surface area contributed by atoms with E-state index in [-0.39, 0.29) is 56.6 Å². The van der Waals surface area contributed by atoms with E-state index in [1.165, 1.54) is 6.07 Å². The van der Waals surface area contributed by atoms with Crippen molar-refractivity contribution < 1.29 is 33.8 Å². The Kier molecular flexibility index (Phi) is 10.2. The molecular formula is C34H40Cl2FN3O6. The highest BCUT2D eigenvalue weighted by Crippen LogP contribution is 2.47. The summed E-state index contributed by atoms with van der Waals surface area (Å²) in [6, 6.07) is 10.0. The van der Waals surface area contributed by atoms with Crippen molar-refractivity contribution in [1.29, 1.82) is 0 Å². The molecule has 2 bridgehead atoms. The van der Waals surface area contributed by atoms with Crippen LogP contribution in [-0.4, -0.2) is 82.4 Å². The first-order valence-electron chi connectivity index (χ1n) is 16.0. The predicted molar refractivity (Wildman–Crippen MR) is 173 cm³/mol. The Morgan fingerprint density at radius 3 is 2.46 bits per heavy atom. The van der Waals surface area contributed by atoms with Gasteiger partial charge in [0, 0.05) is 54.7 Å². The number of aliphatic carboxylic acids is 1. The van der Waals surface area contributed by atoms with Crippen LogP contribution in [0.4, 0.5) is 10.1 Å². The SMILES string of the molecule is CC(C(Cc1ccc(N2C[C@@H]3C[C@H]2C[C@H]3OCc2c(-c3c(Cl)cccc3Cl)noc2C2CC2)c(F)c1)C(=O)O)N(CCO)CCO. The average Bonchev–Trinajstić information content (AvgIpc) is 3.48. The Bertz CT molecular complexity index is 1520. The van der Waals surface area contributed by atoms with Crippen molar-refractivity contribution in [3.8, 4) is 11.3 Å². The number of aliphatic hydroxyl groups is 2. The molecule has 248 valence electrons. The van der Waals surface area contributed by atoms with Crippen LogP contribution in [0.2, 0.25) is 10.0 Å². The Hall–Kier alpha value is -2.73. The summed E-state index contributed by atoms with van der Waals surface area (Å²) in [6.45, 7) is 2.96. The number of anilines is 1. The van der Waals surface area contributed by atoms with Crippen molar-refractivity contribution in [2.45, 2.75) is 69.7 Å². The molecule has 3 N–H and O–H groups in total. The zero-order chi connectivity index (χ0) is 32.5. The fraction of sp³-hybridized carbons (Fsp3) is 0.529. The van der Waals surface area contributed by atoms with Crippen molar-refractivity contribution in [3.63, 3.8) is 0 Å². The number of rotatable bonds is 15. The number of fused-ring (bicyclic) bond motifs is 2. The molecule has 12 heteroatoms. The van der Waals surface area contributed by atoms with Crippen LogP contribution in [0.25, 0.3) is 11.3 Å². The number of piperidine rings is 1. The first kappa shape index (κ1) is 33.2. The van der Waals surface area contributed by atoms with Crippen LogP contribution >= 0.6 is 23.2 Å². The van der Waals surface area contributed by atoms with E-state index in [0.29, 0.717) is 51.6 Å². The molecule has 5 atom stereocenters. The average molecular weight is 677 g/mol. The molecule has 9 nitrogen and oxygen atoms in total. The third-order valence-corrected chi connectivity index (χ3v) is 10.5. The molecule has 3 aromatic rings. The summed E-state index contributed by atoms with van der Waals surface area (Å²) in [5, 5.41) is 34.1. The molecule has 2 saturated carbocycles. The standard InChI is InChI=1S/C34H40Cl2FN3O6/c1-19(39(9-11-41)10-12-42)24(34(43)44)13-20-5-8-29(28(37)14-20)40-17-22-15-23(40)16-30(22)45-18-25-32(38-46-33(25)21-6-7-21)31-26(35)3-2-4-27(31)36/h2-5,8,14,19,21-24,30,41-42H,6-7,9-13,15-18H2,1H3,(H,43,44)/t19?,22-,23-,24?,30+/m0/s1. The molecule has 3 aliphatic rings. The second-order valence-corrected chi connectivity index (χ2v) is 13.6. The number of halogens is 3. The lowest BCUT2D eigenvalue weighted by atomic mass is 9.91. The number of benzene rings is 2. The van der Waals surface area contributed by atoms with Crippen molar-refractivity contribution in [1.82, 2.24) is 10.1 Å². The van der Waals surface area contributed by atoms with E-state index in [1.54, 1.807) is 42.2 Å². The van der Waals surface area contributed by atoms with Gasteiger partial charge in [-0.05, 0) is 68.9 Å². The molecule has 3 fully saturated rings. The Balaban J connectivity index is 1.11. The fourth-order valence-corrected chi connectivity index (χ4v) is 7.88. The van der Waals surface area contributed by atoms with Gasteiger partial charge in [-0.1, -0.05) is 40.5 Å². The quantitative estimate of drug-likeness (QED) is 0.185. The second kappa shape index (κ2) is 14.2. The second-order valence-electron chi connectivity index (χ2n) is 12.8. The number of carbonyl (C=O) groups is 1. The Labute approximate surface area is 277 Å². The fourth-order valence-electron chi connectivity index (χ4n) is 7.30. The third kappa shape index (κ3) is 6.79. The van der Waals surface area contributed by atoms with Crippen LogP contribution in [0, 0.1) is 17.7 Å². The summed E-state index contributed by atoms with van der Waals surface area (Å²) >= 11 is 13.0. The molecule has 46 heavy (non-hydrogen) atoms. The summed E-state index contributed by atoms with van der Waals surface area (Å²) in [6.07, 6.45) is 3.91. The number of hydrogen-bond acceptors (Lipinski definition) is 8. The number of ether oxygens (including phenoxy) is 1. The van der Waals surface area contributed by atoms with Gasteiger partial charge in [-0.25, -0.2) is 4.39 Å². The monoisotopic (exact) mass is 675 g/mol. The highest BCUT2D eigenvalue weighted by molar-refractivity contribution is 6.39. The molecule has 2 aromatic carbocycles. The summed E-state index contributed by atoms with van der Waals surface area (Å²) in [7, 11) is 0. The molecule has 2 heterocycles. The van der Waals surface area contributed by atoms with Crippen LogP contribution in [0.15, 0.2) is 40.9 Å². The lowest BCUT2D eigenvalue weighted by Gasteiger charge is -2.34. The van der Waals surface area contributed by atoms with Gasteiger partial charge in [-0.3, -0.25) is 9.69 Å². The largest absolute Gasteiger partial charge is 0.481 e. The van der Waals surface area contributed by atoms with Gasteiger partial charge in [0.15, 0.2) is 0 Å². The molecule has 6 rings (SSSR count). The highest BCUT2D eigenvalue weighted by Gasteiger charge is 2.46. The minimum Gasteiger partial charge on any atom is -0.481 e. The maximum atomic E-state index is 15.6.